The van der Waals surface area contributed by atoms with Crippen molar-refractivity contribution in [3.63, 3.8) is 0 Å². The molecule has 1 amide bonds. The lowest BCUT2D eigenvalue weighted by Gasteiger charge is -2.08. The third kappa shape index (κ3) is 6.77. The largest absolute Gasteiger partial charge is 0.454 e. The summed E-state index contributed by atoms with van der Waals surface area (Å²) in [6.07, 6.45) is 0. The first-order chi connectivity index (χ1) is 12.8. The third-order valence-electron chi connectivity index (χ3n) is 3.15. The van der Waals surface area contributed by atoms with Crippen molar-refractivity contribution in [2.75, 3.05) is 18.5 Å². The maximum absolute atomic E-state index is 12.8. The van der Waals surface area contributed by atoms with E-state index in [9.17, 15) is 22.4 Å². The maximum atomic E-state index is 12.8. The molecule has 10 heteroatoms. The number of carbonyl (C=O) groups excluding carboxylic acids is 2. The van der Waals surface area contributed by atoms with Crippen molar-refractivity contribution in [2.24, 2.45) is 0 Å². The van der Waals surface area contributed by atoms with Crippen molar-refractivity contribution < 1.29 is 32.0 Å². The molecule has 144 valence electrons. The summed E-state index contributed by atoms with van der Waals surface area (Å²) < 4.78 is 41.2. The fourth-order valence-corrected chi connectivity index (χ4v) is 2.74. The van der Waals surface area contributed by atoms with E-state index in [1.54, 1.807) is 23.1 Å². The summed E-state index contributed by atoms with van der Waals surface area (Å²) in [5.74, 6) is -2.10. The van der Waals surface area contributed by atoms with Crippen molar-refractivity contribution in [2.45, 2.75) is 11.8 Å². The minimum atomic E-state index is -4.07. The summed E-state index contributed by atoms with van der Waals surface area (Å²) in [5.41, 5.74) is 1.51. The van der Waals surface area contributed by atoms with Gasteiger partial charge in [-0.1, -0.05) is 17.0 Å². The van der Waals surface area contributed by atoms with Crippen LogP contribution in [0.15, 0.2) is 53.4 Å². The van der Waals surface area contributed by atoms with Crippen LogP contribution in [0.25, 0.3) is 0 Å². The molecule has 0 aliphatic heterocycles. The van der Waals surface area contributed by atoms with Crippen LogP contribution in [-0.2, 0) is 29.2 Å². The van der Waals surface area contributed by atoms with Gasteiger partial charge in [-0.15, -0.1) is 0 Å². The van der Waals surface area contributed by atoms with E-state index < -0.39 is 40.9 Å². The number of aryl methyl sites for hydroxylation is 1. The van der Waals surface area contributed by atoms with Gasteiger partial charge >= 0.3 is 5.97 Å². The van der Waals surface area contributed by atoms with Gasteiger partial charge in [-0.3, -0.25) is 9.63 Å². The number of sulfonamides is 1. The smallest absolute Gasteiger partial charge is 0.334 e. The summed E-state index contributed by atoms with van der Waals surface area (Å²) in [7, 11) is -4.07. The first kappa shape index (κ1) is 20.5. The molecule has 0 heterocycles. The molecule has 0 aliphatic carbocycles. The van der Waals surface area contributed by atoms with Gasteiger partial charge in [-0.25, -0.2) is 17.6 Å². The van der Waals surface area contributed by atoms with Crippen molar-refractivity contribution in [3.8, 4) is 0 Å². The first-order valence-corrected chi connectivity index (χ1v) is 9.16. The summed E-state index contributed by atoms with van der Waals surface area (Å²) in [6.45, 7) is 0.555. The molecule has 0 fully saturated rings. The van der Waals surface area contributed by atoms with Gasteiger partial charge in [0.1, 0.15) is 5.82 Å². The van der Waals surface area contributed by atoms with Crippen molar-refractivity contribution in [1.29, 1.82) is 0 Å². The SMILES string of the molecule is Cc1cccc(NC(=O)COC(=O)CONS(=O)(=O)c2ccc(F)cc2)c1. The van der Waals surface area contributed by atoms with Crippen LogP contribution in [0.2, 0.25) is 0 Å². The van der Waals surface area contributed by atoms with Crippen molar-refractivity contribution >= 4 is 27.6 Å². The Morgan fingerprint density at radius 3 is 2.44 bits per heavy atom. The summed E-state index contributed by atoms with van der Waals surface area (Å²) in [6, 6.07) is 11.1. The quantitative estimate of drug-likeness (QED) is 0.517. The Morgan fingerprint density at radius 2 is 1.78 bits per heavy atom. The van der Waals surface area contributed by atoms with Gasteiger partial charge in [0.15, 0.2) is 13.2 Å². The number of hydrogen-bond acceptors (Lipinski definition) is 6. The number of anilines is 1. The highest BCUT2D eigenvalue weighted by atomic mass is 32.2. The normalized spacial score (nSPS) is 11.0. The summed E-state index contributed by atoms with van der Waals surface area (Å²) in [4.78, 5) is 29.3. The van der Waals surface area contributed by atoms with Gasteiger partial charge in [0, 0.05) is 5.69 Å². The Kier molecular flexibility index (Phi) is 6.99. The number of nitrogens with one attached hydrogen (secondary N) is 2. The maximum Gasteiger partial charge on any atom is 0.334 e. The Labute approximate surface area is 155 Å². The van der Waals surface area contributed by atoms with E-state index >= 15 is 0 Å². The Morgan fingerprint density at radius 1 is 1.07 bits per heavy atom. The summed E-state index contributed by atoms with van der Waals surface area (Å²) >= 11 is 0. The second-order valence-electron chi connectivity index (χ2n) is 5.41. The topological polar surface area (TPSA) is 111 Å². The molecular formula is C17H17FN2O6S. The zero-order valence-electron chi connectivity index (χ0n) is 14.3. The lowest BCUT2D eigenvalue weighted by atomic mass is 10.2. The number of halogens is 1. The number of rotatable bonds is 8. The molecule has 27 heavy (non-hydrogen) atoms. The highest BCUT2D eigenvalue weighted by Gasteiger charge is 2.16. The van der Waals surface area contributed by atoms with E-state index in [1.165, 1.54) is 0 Å². The lowest BCUT2D eigenvalue weighted by Crippen LogP contribution is -2.29. The average molecular weight is 396 g/mol. The molecule has 0 saturated carbocycles. The second kappa shape index (κ2) is 9.21. The third-order valence-corrected chi connectivity index (χ3v) is 4.38. The molecule has 0 atom stereocenters. The minimum Gasteiger partial charge on any atom is -0.454 e. The number of benzene rings is 2. The molecule has 0 aromatic heterocycles. The molecule has 0 saturated heterocycles. The molecule has 0 spiro atoms. The predicted octanol–water partition coefficient (Wildman–Crippen LogP) is 1.53. The Hall–Kier alpha value is -2.82. The number of amides is 1. The molecule has 0 bridgehead atoms. The van der Waals surface area contributed by atoms with E-state index in [0.29, 0.717) is 5.69 Å². The van der Waals surface area contributed by atoms with Crippen LogP contribution in [0.5, 0.6) is 0 Å². The lowest BCUT2D eigenvalue weighted by molar-refractivity contribution is -0.152. The average Bonchev–Trinajstić information content (AvgIpc) is 2.60. The van der Waals surface area contributed by atoms with E-state index in [1.807, 2.05) is 13.0 Å². The molecule has 8 nitrogen and oxygen atoms in total. The van der Waals surface area contributed by atoms with Crippen LogP contribution in [-0.4, -0.2) is 33.5 Å². The van der Waals surface area contributed by atoms with Crippen molar-refractivity contribution in [1.82, 2.24) is 4.89 Å². The Bertz CT molecular complexity index is 915. The molecule has 2 aromatic carbocycles. The molecule has 2 N–H and O–H groups in total. The van der Waals surface area contributed by atoms with Crippen LogP contribution < -0.4 is 10.2 Å². The highest BCUT2D eigenvalue weighted by Crippen LogP contribution is 2.10. The standard InChI is InChI=1S/C17H17FN2O6S/c1-12-3-2-4-14(9-12)19-16(21)10-25-17(22)11-26-20-27(23,24)15-7-5-13(18)6-8-15/h2-9,20H,10-11H2,1H3,(H,19,21). The molecule has 0 radical (unpaired) electrons. The van der Waals surface area contributed by atoms with Gasteiger partial charge in [-0.05, 0) is 48.9 Å². The van der Waals surface area contributed by atoms with Crippen LogP contribution >= 0.6 is 0 Å². The van der Waals surface area contributed by atoms with E-state index in [-0.39, 0.29) is 4.90 Å². The van der Waals surface area contributed by atoms with Crippen LogP contribution in [0, 0.1) is 12.7 Å². The Balaban J connectivity index is 1.73. The van der Waals surface area contributed by atoms with Gasteiger partial charge in [0.2, 0.25) is 0 Å². The van der Waals surface area contributed by atoms with Gasteiger partial charge < -0.3 is 10.1 Å². The molecule has 0 aliphatic rings. The zero-order valence-corrected chi connectivity index (χ0v) is 15.1. The molecular weight excluding hydrogens is 379 g/mol. The number of ether oxygens (including phenoxy) is 1. The van der Waals surface area contributed by atoms with Gasteiger partial charge in [0.25, 0.3) is 15.9 Å². The molecule has 2 aromatic rings. The second-order valence-corrected chi connectivity index (χ2v) is 7.05. The number of esters is 1. The van der Waals surface area contributed by atoms with E-state index in [4.69, 9.17) is 0 Å². The van der Waals surface area contributed by atoms with Crippen molar-refractivity contribution in [3.05, 3.63) is 59.9 Å². The van der Waals surface area contributed by atoms with Crippen LogP contribution in [0.4, 0.5) is 10.1 Å². The van der Waals surface area contributed by atoms with E-state index in [0.717, 1.165) is 29.8 Å². The number of carbonyl (C=O) groups is 2. The monoisotopic (exact) mass is 396 g/mol. The zero-order chi connectivity index (χ0) is 19.9. The first-order valence-electron chi connectivity index (χ1n) is 7.67. The fraction of sp³-hybridized carbons (Fsp3) is 0.176. The highest BCUT2D eigenvalue weighted by molar-refractivity contribution is 7.89. The van der Waals surface area contributed by atoms with Gasteiger partial charge in [0.05, 0.1) is 4.90 Å². The number of hydrogen-bond donors (Lipinski definition) is 2. The minimum absolute atomic E-state index is 0.241. The van der Waals surface area contributed by atoms with Crippen LogP contribution in [0.1, 0.15) is 5.56 Å². The van der Waals surface area contributed by atoms with Crippen LogP contribution in [0.3, 0.4) is 0 Å². The summed E-state index contributed by atoms with van der Waals surface area (Å²) in [5, 5.41) is 2.55. The predicted molar refractivity (Wildman–Crippen MR) is 93.4 cm³/mol. The molecule has 2 rings (SSSR count). The van der Waals surface area contributed by atoms with Gasteiger partial charge in [-0.2, -0.15) is 0 Å². The van der Waals surface area contributed by atoms with E-state index in [2.05, 4.69) is 14.9 Å². The molecule has 0 unspecified atom stereocenters. The fourth-order valence-electron chi connectivity index (χ4n) is 1.94.